The van der Waals surface area contributed by atoms with Gasteiger partial charge >= 0.3 is 0 Å². The number of halogens is 1. The molecule has 0 aliphatic heterocycles. The Morgan fingerprint density at radius 1 is 1.58 bits per heavy atom. The van der Waals surface area contributed by atoms with Crippen LogP contribution in [0.1, 0.15) is 12.5 Å². The quantitative estimate of drug-likeness (QED) is 0.807. The lowest BCUT2D eigenvalue weighted by molar-refractivity contribution is -0.127. The van der Waals surface area contributed by atoms with E-state index in [1.165, 1.54) is 6.07 Å². The van der Waals surface area contributed by atoms with Crippen LogP contribution in [-0.4, -0.2) is 32.3 Å². The number of carbonyl (C=O) groups excluding carboxylic acids is 1. The summed E-state index contributed by atoms with van der Waals surface area (Å²) in [4.78, 5) is 11.7. The van der Waals surface area contributed by atoms with E-state index in [0.29, 0.717) is 29.5 Å². The molecule has 1 amide bonds. The molecule has 0 aliphatic rings. The Balaban J connectivity index is 2.59. The predicted molar refractivity (Wildman–Crippen MR) is 71.1 cm³/mol. The number of amides is 1. The van der Waals surface area contributed by atoms with Crippen molar-refractivity contribution >= 4 is 17.5 Å². The van der Waals surface area contributed by atoms with Crippen molar-refractivity contribution in [2.75, 3.05) is 20.3 Å². The van der Waals surface area contributed by atoms with Crippen LogP contribution in [0.5, 0.6) is 5.75 Å². The van der Waals surface area contributed by atoms with Gasteiger partial charge < -0.3 is 14.8 Å². The number of carbonyl (C=O) groups is 1. The molecule has 0 bridgehead atoms. The summed E-state index contributed by atoms with van der Waals surface area (Å²) in [6.45, 7) is 2.48. The van der Waals surface area contributed by atoms with E-state index in [0.717, 1.165) is 0 Å². The van der Waals surface area contributed by atoms with Gasteiger partial charge in [-0.25, -0.2) is 0 Å². The molecule has 5 nitrogen and oxygen atoms in total. The van der Waals surface area contributed by atoms with Crippen molar-refractivity contribution in [2.45, 2.75) is 13.0 Å². The molecular formula is C13H15ClN2O3. The second-order valence-electron chi connectivity index (χ2n) is 3.80. The number of methoxy groups -OCH3 is 1. The van der Waals surface area contributed by atoms with E-state index in [9.17, 15) is 4.79 Å². The zero-order chi connectivity index (χ0) is 14.3. The molecule has 1 N–H and O–H groups in total. The van der Waals surface area contributed by atoms with Crippen molar-refractivity contribution in [2.24, 2.45) is 0 Å². The number of nitriles is 1. The van der Waals surface area contributed by atoms with Crippen molar-refractivity contribution < 1.29 is 14.3 Å². The second kappa shape index (κ2) is 7.62. The van der Waals surface area contributed by atoms with E-state index in [1.807, 2.05) is 6.07 Å². The molecule has 0 heterocycles. The van der Waals surface area contributed by atoms with Gasteiger partial charge in [-0.05, 0) is 25.1 Å². The van der Waals surface area contributed by atoms with Crippen molar-refractivity contribution in [1.29, 1.82) is 5.26 Å². The molecule has 1 aromatic carbocycles. The van der Waals surface area contributed by atoms with Crippen LogP contribution in [0.3, 0.4) is 0 Å². The SMILES string of the molecule is COCCNC(=O)[C@@H](C)Oc1ccc(C#N)cc1Cl. The summed E-state index contributed by atoms with van der Waals surface area (Å²) in [6.07, 6.45) is -0.678. The van der Waals surface area contributed by atoms with E-state index in [4.69, 9.17) is 26.3 Å². The minimum atomic E-state index is -0.678. The lowest BCUT2D eigenvalue weighted by Gasteiger charge is -2.15. The number of hydrogen-bond acceptors (Lipinski definition) is 4. The molecule has 1 atom stereocenters. The minimum Gasteiger partial charge on any atom is -0.479 e. The molecule has 19 heavy (non-hydrogen) atoms. The average Bonchev–Trinajstić information content (AvgIpc) is 2.41. The summed E-state index contributed by atoms with van der Waals surface area (Å²) in [7, 11) is 1.56. The van der Waals surface area contributed by atoms with Crippen LogP contribution in [0.2, 0.25) is 5.02 Å². The van der Waals surface area contributed by atoms with E-state index in [2.05, 4.69) is 5.32 Å². The Kier molecular flexibility index (Phi) is 6.13. The maximum atomic E-state index is 11.7. The van der Waals surface area contributed by atoms with Gasteiger partial charge in [-0.1, -0.05) is 11.6 Å². The van der Waals surface area contributed by atoms with Gasteiger partial charge in [-0.3, -0.25) is 4.79 Å². The minimum absolute atomic E-state index is 0.252. The Labute approximate surface area is 117 Å². The zero-order valence-corrected chi connectivity index (χ0v) is 11.5. The van der Waals surface area contributed by atoms with Gasteiger partial charge in [0.2, 0.25) is 0 Å². The normalized spacial score (nSPS) is 11.5. The molecule has 0 saturated heterocycles. The molecular weight excluding hydrogens is 268 g/mol. The van der Waals surface area contributed by atoms with Crippen LogP contribution in [0.4, 0.5) is 0 Å². The Morgan fingerprint density at radius 3 is 2.89 bits per heavy atom. The zero-order valence-electron chi connectivity index (χ0n) is 10.8. The molecule has 0 unspecified atom stereocenters. The Bertz CT molecular complexity index is 485. The number of rotatable bonds is 6. The molecule has 1 aromatic rings. The summed E-state index contributed by atoms with van der Waals surface area (Å²) < 4.78 is 10.3. The topological polar surface area (TPSA) is 71.3 Å². The van der Waals surface area contributed by atoms with Crippen LogP contribution in [0.15, 0.2) is 18.2 Å². The second-order valence-corrected chi connectivity index (χ2v) is 4.21. The molecule has 0 aromatic heterocycles. The predicted octanol–water partition coefficient (Wildman–Crippen LogP) is 1.74. The standard InChI is InChI=1S/C13H15ClN2O3/c1-9(13(17)16-5-6-18-2)19-12-4-3-10(8-15)7-11(12)14/h3-4,7,9H,5-6H2,1-2H3,(H,16,17)/t9-/m1/s1. The van der Waals surface area contributed by atoms with Gasteiger partial charge in [0.1, 0.15) is 5.75 Å². The first-order valence-corrected chi connectivity index (χ1v) is 6.09. The van der Waals surface area contributed by atoms with Crippen LogP contribution < -0.4 is 10.1 Å². The van der Waals surface area contributed by atoms with Gasteiger partial charge in [-0.2, -0.15) is 5.26 Å². The highest BCUT2D eigenvalue weighted by molar-refractivity contribution is 6.32. The molecule has 1 rings (SSSR count). The fraction of sp³-hybridized carbons (Fsp3) is 0.385. The largest absolute Gasteiger partial charge is 0.479 e. The highest BCUT2D eigenvalue weighted by Crippen LogP contribution is 2.26. The first-order chi connectivity index (χ1) is 9.08. The number of benzene rings is 1. The number of ether oxygens (including phenoxy) is 2. The molecule has 0 saturated carbocycles. The highest BCUT2D eigenvalue weighted by atomic mass is 35.5. The summed E-state index contributed by atoms with van der Waals surface area (Å²) in [5, 5.41) is 11.7. The number of nitrogens with one attached hydrogen (secondary N) is 1. The van der Waals surface area contributed by atoms with Crippen LogP contribution in [0.25, 0.3) is 0 Å². The maximum Gasteiger partial charge on any atom is 0.260 e. The van der Waals surface area contributed by atoms with E-state index < -0.39 is 6.10 Å². The lowest BCUT2D eigenvalue weighted by Crippen LogP contribution is -2.37. The third kappa shape index (κ3) is 4.78. The molecule has 0 spiro atoms. The van der Waals surface area contributed by atoms with Crippen LogP contribution in [0, 0.1) is 11.3 Å². The Hall–Kier alpha value is -1.77. The smallest absolute Gasteiger partial charge is 0.260 e. The van der Waals surface area contributed by atoms with Crippen molar-refractivity contribution in [3.05, 3.63) is 28.8 Å². The van der Waals surface area contributed by atoms with Gasteiger partial charge in [0.25, 0.3) is 5.91 Å². The lowest BCUT2D eigenvalue weighted by atomic mass is 10.2. The summed E-state index contributed by atoms with van der Waals surface area (Å²) >= 11 is 5.96. The number of nitrogens with zero attached hydrogens (tertiary/aromatic N) is 1. The molecule has 0 radical (unpaired) electrons. The summed E-state index contributed by atoms with van der Waals surface area (Å²) in [5.41, 5.74) is 0.439. The third-order valence-corrected chi connectivity index (χ3v) is 2.63. The van der Waals surface area contributed by atoms with Crippen molar-refractivity contribution in [1.82, 2.24) is 5.32 Å². The van der Waals surface area contributed by atoms with Crippen molar-refractivity contribution in [3.63, 3.8) is 0 Å². The molecule has 0 fully saturated rings. The fourth-order valence-electron chi connectivity index (χ4n) is 1.33. The molecule has 6 heteroatoms. The fourth-order valence-corrected chi connectivity index (χ4v) is 1.56. The maximum absolute atomic E-state index is 11.7. The van der Waals surface area contributed by atoms with Gasteiger partial charge in [0, 0.05) is 13.7 Å². The molecule has 0 aliphatic carbocycles. The average molecular weight is 283 g/mol. The Morgan fingerprint density at radius 2 is 2.32 bits per heavy atom. The van der Waals surface area contributed by atoms with Gasteiger partial charge in [0.05, 0.1) is 23.3 Å². The highest BCUT2D eigenvalue weighted by Gasteiger charge is 2.15. The van der Waals surface area contributed by atoms with Crippen molar-refractivity contribution in [3.8, 4) is 11.8 Å². The monoisotopic (exact) mass is 282 g/mol. The van der Waals surface area contributed by atoms with Gasteiger partial charge in [-0.15, -0.1) is 0 Å². The number of hydrogen-bond donors (Lipinski definition) is 1. The van der Waals surface area contributed by atoms with E-state index in [1.54, 1.807) is 26.2 Å². The summed E-state index contributed by atoms with van der Waals surface area (Å²) in [6, 6.07) is 6.61. The van der Waals surface area contributed by atoms with Crippen LogP contribution >= 0.6 is 11.6 Å². The van der Waals surface area contributed by atoms with Gasteiger partial charge in [0.15, 0.2) is 6.10 Å². The van der Waals surface area contributed by atoms with E-state index >= 15 is 0 Å². The first-order valence-electron chi connectivity index (χ1n) is 5.71. The van der Waals surface area contributed by atoms with E-state index in [-0.39, 0.29) is 5.91 Å². The first kappa shape index (κ1) is 15.3. The summed E-state index contributed by atoms with van der Waals surface area (Å²) in [5.74, 6) is 0.118. The third-order valence-electron chi connectivity index (χ3n) is 2.34. The molecule has 102 valence electrons. The van der Waals surface area contributed by atoms with Crippen LogP contribution in [-0.2, 0) is 9.53 Å².